The molecule has 0 aromatic rings. The Hall–Kier alpha value is -0.950. The number of rotatable bonds is 5. The van der Waals surface area contributed by atoms with Crippen molar-refractivity contribution in [2.24, 2.45) is 5.92 Å². The zero-order chi connectivity index (χ0) is 18.5. The minimum Gasteiger partial charge on any atom is -0.268 e. The number of unbranched alkanes of at least 4 members (excludes halogenated alkanes) is 1. The molecule has 1 aliphatic carbocycles. The first-order chi connectivity index (χ1) is 12.6. The van der Waals surface area contributed by atoms with Crippen molar-refractivity contribution in [1.82, 2.24) is 9.80 Å². The molecular formula is C19H28N2O3S2. The smallest absolute Gasteiger partial charge is 0.268 e. The van der Waals surface area contributed by atoms with Gasteiger partial charge in [-0.1, -0.05) is 32.6 Å². The number of hydrogen-bond acceptors (Lipinski definition) is 5. The fourth-order valence-corrected chi connectivity index (χ4v) is 6.33. The molecule has 1 saturated carbocycles. The molecule has 0 atom stereocenters. The van der Waals surface area contributed by atoms with E-state index in [4.69, 9.17) is 0 Å². The molecule has 0 radical (unpaired) electrons. The molecule has 26 heavy (non-hydrogen) atoms. The van der Waals surface area contributed by atoms with Crippen LogP contribution in [0.15, 0.2) is 9.81 Å². The molecule has 144 valence electrons. The maximum atomic E-state index is 13.1. The SMILES string of the molecule is CCCCN1C(=O)C(=C2SCCCS2)C(=O)N(CC2CCCCC2)C1=O. The molecule has 0 aromatic carbocycles. The van der Waals surface area contributed by atoms with E-state index in [1.54, 1.807) is 23.5 Å². The monoisotopic (exact) mass is 396 g/mol. The second kappa shape index (κ2) is 9.31. The van der Waals surface area contributed by atoms with Gasteiger partial charge in [-0.15, -0.1) is 23.5 Å². The van der Waals surface area contributed by atoms with Crippen molar-refractivity contribution in [3.63, 3.8) is 0 Å². The Morgan fingerprint density at radius 1 is 0.923 bits per heavy atom. The molecule has 0 unspecified atom stereocenters. The summed E-state index contributed by atoms with van der Waals surface area (Å²) in [5.41, 5.74) is 0.242. The third kappa shape index (κ3) is 4.30. The van der Waals surface area contributed by atoms with E-state index in [-0.39, 0.29) is 17.4 Å². The van der Waals surface area contributed by atoms with Crippen molar-refractivity contribution in [1.29, 1.82) is 0 Å². The fourth-order valence-electron chi connectivity index (χ4n) is 3.73. The first-order valence-corrected chi connectivity index (χ1v) is 11.8. The topological polar surface area (TPSA) is 57.7 Å². The number of thioether (sulfide) groups is 2. The molecule has 0 aromatic heterocycles. The standard InChI is InChI=1S/C19H28N2O3S2/c1-2-3-10-20-16(22)15(18-25-11-7-12-26-18)17(23)21(19(20)24)13-14-8-5-4-6-9-14/h14H,2-13H2,1H3. The van der Waals surface area contributed by atoms with E-state index < -0.39 is 6.03 Å². The number of amides is 4. The van der Waals surface area contributed by atoms with Crippen LogP contribution in [-0.4, -0.2) is 52.2 Å². The Morgan fingerprint density at radius 2 is 1.58 bits per heavy atom. The fraction of sp³-hybridized carbons (Fsp3) is 0.737. The highest BCUT2D eigenvalue weighted by Crippen LogP contribution is 2.39. The molecule has 3 rings (SSSR count). The van der Waals surface area contributed by atoms with Crippen molar-refractivity contribution < 1.29 is 14.4 Å². The molecule has 0 bridgehead atoms. The summed E-state index contributed by atoms with van der Waals surface area (Å²) >= 11 is 3.18. The van der Waals surface area contributed by atoms with Gasteiger partial charge < -0.3 is 0 Å². The van der Waals surface area contributed by atoms with Gasteiger partial charge in [0.05, 0.1) is 4.24 Å². The quantitative estimate of drug-likeness (QED) is 0.514. The summed E-state index contributed by atoms with van der Waals surface area (Å²) in [7, 11) is 0. The molecule has 5 nitrogen and oxygen atoms in total. The van der Waals surface area contributed by atoms with Gasteiger partial charge in [0.2, 0.25) is 0 Å². The van der Waals surface area contributed by atoms with Crippen LogP contribution in [0.1, 0.15) is 58.3 Å². The molecule has 3 fully saturated rings. The van der Waals surface area contributed by atoms with Gasteiger partial charge in [0, 0.05) is 13.1 Å². The predicted octanol–water partition coefficient (Wildman–Crippen LogP) is 4.24. The van der Waals surface area contributed by atoms with Crippen LogP contribution in [0.5, 0.6) is 0 Å². The van der Waals surface area contributed by atoms with Gasteiger partial charge in [-0.25, -0.2) is 4.79 Å². The minimum atomic E-state index is -0.408. The maximum Gasteiger partial charge on any atom is 0.333 e. The van der Waals surface area contributed by atoms with Crippen LogP contribution in [0, 0.1) is 5.92 Å². The lowest BCUT2D eigenvalue weighted by Gasteiger charge is -2.37. The first kappa shape index (κ1) is 19.8. The zero-order valence-corrected chi connectivity index (χ0v) is 17.1. The molecular weight excluding hydrogens is 368 g/mol. The second-order valence-electron chi connectivity index (χ2n) is 7.23. The lowest BCUT2D eigenvalue weighted by atomic mass is 9.88. The van der Waals surface area contributed by atoms with Gasteiger partial charge in [0.25, 0.3) is 11.8 Å². The highest BCUT2D eigenvalue weighted by atomic mass is 32.2. The lowest BCUT2D eigenvalue weighted by Crippen LogP contribution is -2.57. The number of imide groups is 2. The van der Waals surface area contributed by atoms with Crippen molar-refractivity contribution in [2.45, 2.75) is 58.3 Å². The molecule has 7 heteroatoms. The molecule has 2 saturated heterocycles. The molecule has 0 N–H and O–H groups in total. The summed E-state index contributed by atoms with van der Waals surface area (Å²) in [4.78, 5) is 41.7. The van der Waals surface area contributed by atoms with Gasteiger partial charge in [-0.05, 0) is 43.1 Å². The van der Waals surface area contributed by atoms with E-state index in [1.165, 1.54) is 29.1 Å². The van der Waals surface area contributed by atoms with E-state index in [0.29, 0.717) is 19.0 Å². The van der Waals surface area contributed by atoms with Crippen LogP contribution in [0.25, 0.3) is 0 Å². The summed E-state index contributed by atoms with van der Waals surface area (Å²) in [6.07, 6.45) is 8.46. The molecule has 3 aliphatic rings. The van der Waals surface area contributed by atoms with E-state index >= 15 is 0 Å². The Balaban J connectivity index is 1.87. The summed E-state index contributed by atoms with van der Waals surface area (Å²) < 4.78 is 0.814. The van der Waals surface area contributed by atoms with Crippen molar-refractivity contribution >= 4 is 41.4 Å². The second-order valence-corrected chi connectivity index (χ2v) is 9.69. The molecule has 2 heterocycles. The van der Waals surface area contributed by atoms with Crippen LogP contribution < -0.4 is 0 Å². The van der Waals surface area contributed by atoms with E-state index in [1.807, 2.05) is 6.92 Å². The largest absolute Gasteiger partial charge is 0.333 e. The van der Waals surface area contributed by atoms with E-state index in [2.05, 4.69) is 0 Å². The Labute approximate surface area is 164 Å². The minimum absolute atomic E-state index is 0.242. The summed E-state index contributed by atoms with van der Waals surface area (Å²) in [5, 5.41) is 0. The highest BCUT2D eigenvalue weighted by molar-refractivity contribution is 8.22. The maximum absolute atomic E-state index is 13.1. The summed E-state index contributed by atoms with van der Waals surface area (Å²) in [5.74, 6) is 1.48. The Kier molecular flexibility index (Phi) is 7.09. The van der Waals surface area contributed by atoms with Gasteiger partial charge in [0.1, 0.15) is 5.57 Å². The third-order valence-corrected chi connectivity index (χ3v) is 7.87. The van der Waals surface area contributed by atoms with Crippen LogP contribution in [0.4, 0.5) is 4.79 Å². The van der Waals surface area contributed by atoms with Crippen LogP contribution in [0.3, 0.4) is 0 Å². The molecule has 2 aliphatic heterocycles. The lowest BCUT2D eigenvalue weighted by molar-refractivity contribution is -0.136. The van der Waals surface area contributed by atoms with Gasteiger partial charge >= 0.3 is 6.03 Å². The highest BCUT2D eigenvalue weighted by Gasteiger charge is 2.44. The van der Waals surface area contributed by atoms with Gasteiger partial charge in [0.15, 0.2) is 0 Å². The van der Waals surface area contributed by atoms with Crippen LogP contribution in [-0.2, 0) is 9.59 Å². The molecule has 0 spiro atoms. The number of urea groups is 1. The number of carbonyl (C=O) groups is 3. The van der Waals surface area contributed by atoms with Crippen molar-refractivity contribution in [3.8, 4) is 0 Å². The Bertz CT molecular complexity index is 592. The van der Waals surface area contributed by atoms with Gasteiger partial charge in [-0.3, -0.25) is 19.4 Å². The zero-order valence-electron chi connectivity index (χ0n) is 15.5. The number of nitrogens with zero attached hydrogens (tertiary/aromatic N) is 2. The van der Waals surface area contributed by atoms with Crippen molar-refractivity contribution in [2.75, 3.05) is 24.6 Å². The first-order valence-electron chi connectivity index (χ1n) is 9.81. The van der Waals surface area contributed by atoms with E-state index in [0.717, 1.165) is 47.8 Å². The molecule has 4 amide bonds. The average Bonchev–Trinajstić information content (AvgIpc) is 2.67. The number of hydrogen-bond donors (Lipinski definition) is 0. The van der Waals surface area contributed by atoms with Crippen molar-refractivity contribution in [3.05, 3.63) is 9.81 Å². The normalized spacial score (nSPS) is 23.2. The van der Waals surface area contributed by atoms with Gasteiger partial charge in [-0.2, -0.15) is 0 Å². The summed E-state index contributed by atoms with van der Waals surface area (Å²) in [6.45, 7) is 2.89. The van der Waals surface area contributed by atoms with Crippen LogP contribution >= 0.6 is 23.5 Å². The average molecular weight is 397 g/mol. The number of barbiturate groups is 1. The van der Waals surface area contributed by atoms with Crippen LogP contribution in [0.2, 0.25) is 0 Å². The van der Waals surface area contributed by atoms with E-state index in [9.17, 15) is 14.4 Å². The number of carbonyl (C=O) groups excluding carboxylic acids is 3. The summed E-state index contributed by atoms with van der Waals surface area (Å²) in [6, 6.07) is -0.408. The third-order valence-electron chi connectivity index (χ3n) is 5.24. The predicted molar refractivity (Wildman–Crippen MR) is 107 cm³/mol. The Morgan fingerprint density at radius 3 is 2.23 bits per heavy atom.